The van der Waals surface area contributed by atoms with E-state index in [2.05, 4.69) is 14.9 Å². The monoisotopic (exact) mass is 292 g/mol. The summed E-state index contributed by atoms with van der Waals surface area (Å²) in [5.74, 6) is 0.801. The van der Waals surface area contributed by atoms with Gasteiger partial charge in [-0.05, 0) is 25.9 Å². The molecule has 0 aromatic carbocycles. The number of imidazole rings is 1. The summed E-state index contributed by atoms with van der Waals surface area (Å²) in [4.78, 5) is 18.4. The number of amides is 1. The van der Waals surface area contributed by atoms with Crippen molar-refractivity contribution in [2.24, 2.45) is 0 Å². The highest BCUT2D eigenvalue weighted by Crippen LogP contribution is 2.24. The Balaban J connectivity index is 1.55. The summed E-state index contributed by atoms with van der Waals surface area (Å²) in [6.45, 7) is 5.66. The van der Waals surface area contributed by atoms with Crippen LogP contribution in [0.1, 0.15) is 30.9 Å². The number of carbonyl (C=O) groups excluding carboxylic acids is 1. The molecule has 6 nitrogen and oxygen atoms in total. The fraction of sp³-hybridized carbons (Fsp3) is 0.733. The lowest BCUT2D eigenvalue weighted by Gasteiger charge is -2.27. The van der Waals surface area contributed by atoms with E-state index < -0.39 is 0 Å². The van der Waals surface area contributed by atoms with E-state index in [0.717, 1.165) is 45.6 Å². The zero-order chi connectivity index (χ0) is 14.5. The first-order chi connectivity index (χ1) is 10.3. The minimum Gasteiger partial charge on any atom is -0.378 e. The number of hydrogen-bond donors (Lipinski definition) is 1. The van der Waals surface area contributed by atoms with Crippen molar-refractivity contribution in [1.29, 1.82) is 0 Å². The van der Waals surface area contributed by atoms with Gasteiger partial charge in [-0.2, -0.15) is 0 Å². The van der Waals surface area contributed by atoms with Crippen LogP contribution in [0.5, 0.6) is 0 Å². The van der Waals surface area contributed by atoms with Gasteiger partial charge in [0.05, 0.1) is 19.5 Å². The van der Waals surface area contributed by atoms with Crippen molar-refractivity contribution in [3.63, 3.8) is 0 Å². The van der Waals surface area contributed by atoms with E-state index >= 15 is 0 Å². The second-order valence-corrected chi connectivity index (χ2v) is 5.78. The van der Waals surface area contributed by atoms with E-state index in [1.807, 2.05) is 17.4 Å². The lowest BCUT2D eigenvalue weighted by atomic mass is 9.95. The molecule has 1 aromatic heterocycles. The van der Waals surface area contributed by atoms with Crippen molar-refractivity contribution in [3.8, 4) is 0 Å². The molecule has 1 N–H and O–H groups in total. The van der Waals surface area contributed by atoms with Crippen LogP contribution < -0.4 is 5.32 Å². The van der Waals surface area contributed by atoms with Crippen LogP contribution in [0.15, 0.2) is 12.5 Å². The van der Waals surface area contributed by atoms with Gasteiger partial charge in [0.1, 0.15) is 0 Å². The van der Waals surface area contributed by atoms with Gasteiger partial charge in [-0.25, -0.2) is 4.98 Å². The largest absolute Gasteiger partial charge is 0.378 e. The van der Waals surface area contributed by atoms with Gasteiger partial charge in [0.2, 0.25) is 5.91 Å². The van der Waals surface area contributed by atoms with E-state index in [4.69, 9.17) is 4.74 Å². The Kier molecular flexibility index (Phi) is 4.87. The van der Waals surface area contributed by atoms with Gasteiger partial charge >= 0.3 is 0 Å². The SMILES string of the molecule is O=C(CCn1cncc1C1CCNCC1)N1CCOCC1. The molecule has 0 aliphatic carbocycles. The number of aromatic nitrogens is 2. The highest BCUT2D eigenvalue weighted by molar-refractivity contribution is 5.76. The third-order valence-corrected chi connectivity index (χ3v) is 4.43. The first-order valence-corrected chi connectivity index (χ1v) is 7.91. The molecule has 0 saturated carbocycles. The predicted molar refractivity (Wildman–Crippen MR) is 79.1 cm³/mol. The molecule has 0 unspecified atom stereocenters. The first kappa shape index (κ1) is 14.5. The van der Waals surface area contributed by atoms with Gasteiger partial charge in [0.15, 0.2) is 0 Å². The summed E-state index contributed by atoms with van der Waals surface area (Å²) in [5.41, 5.74) is 1.28. The molecule has 116 valence electrons. The lowest BCUT2D eigenvalue weighted by Crippen LogP contribution is -2.41. The third-order valence-electron chi connectivity index (χ3n) is 4.43. The first-order valence-electron chi connectivity index (χ1n) is 7.91. The fourth-order valence-corrected chi connectivity index (χ4v) is 3.16. The smallest absolute Gasteiger partial charge is 0.224 e. The number of morpholine rings is 1. The van der Waals surface area contributed by atoms with Crippen LogP contribution >= 0.6 is 0 Å². The number of piperidine rings is 1. The van der Waals surface area contributed by atoms with E-state index in [0.29, 0.717) is 25.6 Å². The number of hydrogen-bond acceptors (Lipinski definition) is 4. The number of carbonyl (C=O) groups is 1. The highest BCUT2D eigenvalue weighted by Gasteiger charge is 2.20. The fourth-order valence-electron chi connectivity index (χ4n) is 3.16. The van der Waals surface area contributed by atoms with E-state index in [1.54, 1.807) is 0 Å². The quantitative estimate of drug-likeness (QED) is 0.883. The third kappa shape index (κ3) is 3.63. The van der Waals surface area contributed by atoms with Gasteiger partial charge < -0.3 is 19.5 Å². The summed E-state index contributed by atoms with van der Waals surface area (Å²) in [6.07, 6.45) is 6.69. The van der Waals surface area contributed by atoms with Crippen LogP contribution in [-0.4, -0.2) is 59.8 Å². The molecule has 1 aromatic rings. The van der Waals surface area contributed by atoms with Gasteiger partial charge in [0.25, 0.3) is 0 Å². The summed E-state index contributed by atoms with van der Waals surface area (Å²) in [5, 5.41) is 3.39. The topological polar surface area (TPSA) is 59.4 Å². The summed E-state index contributed by atoms with van der Waals surface area (Å²) < 4.78 is 7.44. The Morgan fingerprint density at radius 2 is 2.10 bits per heavy atom. The maximum absolute atomic E-state index is 12.2. The molecule has 21 heavy (non-hydrogen) atoms. The molecule has 2 aliphatic heterocycles. The highest BCUT2D eigenvalue weighted by atomic mass is 16.5. The molecule has 0 bridgehead atoms. The standard InChI is InChI=1S/C15H24N4O2/c20-15(18-7-9-21-10-8-18)3-6-19-12-17-11-14(19)13-1-4-16-5-2-13/h11-13,16H,1-10H2. The second-order valence-electron chi connectivity index (χ2n) is 5.78. The number of nitrogens with zero attached hydrogens (tertiary/aromatic N) is 3. The molecule has 2 saturated heterocycles. The maximum Gasteiger partial charge on any atom is 0.224 e. The maximum atomic E-state index is 12.2. The number of rotatable bonds is 4. The van der Waals surface area contributed by atoms with Gasteiger partial charge in [-0.15, -0.1) is 0 Å². The average molecular weight is 292 g/mol. The molecular formula is C15H24N4O2. The van der Waals surface area contributed by atoms with Crippen LogP contribution in [0, 0.1) is 0 Å². The van der Waals surface area contributed by atoms with Gasteiger partial charge in [-0.1, -0.05) is 0 Å². The summed E-state index contributed by atoms with van der Waals surface area (Å²) in [6, 6.07) is 0. The molecule has 2 fully saturated rings. The van der Waals surface area contributed by atoms with Crippen LogP contribution in [0.2, 0.25) is 0 Å². The van der Waals surface area contributed by atoms with E-state index in [-0.39, 0.29) is 5.91 Å². The Bertz CT molecular complexity index is 462. The molecular weight excluding hydrogens is 268 g/mol. The number of aryl methyl sites for hydroxylation is 1. The molecule has 0 atom stereocenters. The zero-order valence-electron chi connectivity index (χ0n) is 12.5. The van der Waals surface area contributed by atoms with Crippen molar-refractivity contribution in [2.45, 2.75) is 31.7 Å². The normalized spacial score (nSPS) is 20.7. The van der Waals surface area contributed by atoms with E-state index in [1.165, 1.54) is 5.69 Å². The predicted octanol–water partition coefficient (Wildman–Crippen LogP) is 0.599. The average Bonchev–Trinajstić information content (AvgIpc) is 3.03. The molecule has 3 rings (SSSR count). The Hall–Kier alpha value is -1.40. The second kappa shape index (κ2) is 7.04. The number of nitrogens with one attached hydrogen (secondary N) is 1. The molecule has 6 heteroatoms. The minimum absolute atomic E-state index is 0.225. The van der Waals surface area contributed by atoms with Crippen molar-refractivity contribution in [2.75, 3.05) is 39.4 Å². The van der Waals surface area contributed by atoms with Crippen LogP contribution in [0.3, 0.4) is 0 Å². The molecule has 0 spiro atoms. The van der Waals surface area contributed by atoms with Crippen LogP contribution in [0.4, 0.5) is 0 Å². The van der Waals surface area contributed by atoms with Crippen molar-refractivity contribution in [3.05, 3.63) is 18.2 Å². The zero-order valence-corrected chi connectivity index (χ0v) is 12.5. The Morgan fingerprint density at radius 3 is 2.86 bits per heavy atom. The number of ether oxygens (including phenoxy) is 1. The van der Waals surface area contributed by atoms with Gasteiger partial charge in [-0.3, -0.25) is 4.79 Å². The molecule has 2 aliphatic rings. The Labute approximate surface area is 125 Å². The van der Waals surface area contributed by atoms with Crippen molar-refractivity contribution in [1.82, 2.24) is 19.8 Å². The Morgan fingerprint density at radius 1 is 1.33 bits per heavy atom. The van der Waals surface area contributed by atoms with E-state index in [9.17, 15) is 4.79 Å². The summed E-state index contributed by atoms with van der Waals surface area (Å²) >= 11 is 0. The van der Waals surface area contributed by atoms with Gasteiger partial charge in [0, 0.05) is 43.9 Å². The molecule has 1 amide bonds. The molecule has 3 heterocycles. The van der Waals surface area contributed by atoms with Crippen molar-refractivity contribution >= 4 is 5.91 Å². The summed E-state index contributed by atoms with van der Waals surface area (Å²) in [7, 11) is 0. The van der Waals surface area contributed by atoms with Crippen LogP contribution in [-0.2, 0) is 16.1 Å². The molecule has 0 radical (unpaired) electrons. The minimum atomic E-state index is 0.225. The van der Waals surface area contributed by atoms with Crippen LogP contribution in [0.25, 0.3) is 0 Å². The van der Waals surface area contributed by atoms with Crippen molar-refractivity contribution < 1.29 is 9.53 Å². The lowest BCUT2D eigenvalue weighted by molar-refractivity contribution is -0.135.